The first kappa shape index (κ1) is 15.2. The number of aromatic nitrogens is 1. The second kappa shape index (κ2) is 7.01. The van der Waals surface area contributed by atoms with Crippen molar-refractivity contribution in [3.8, 4) is 0 Å². The van der Waals surface area contributed by atoms with Crippen molar-refractivity contribution in [1.29, 1.82) is 0 Å². The van der Waals surface area contributed by atoms with E-state index in [9.17, 15) is 4.79 Å². The first-order valence-corrected chi connectivity index (χ1v) is 6.71. The molecule has 0 saturated heterocycles. The van der Waals surface area contributed by atoms with Crippen LogP contribution >= 0.6 is 0 Å². The van der Waals surface area contributed by atoms with Gasteiger partial charge in [0.25, 0.3) is 5.91 Å². The first-order chi connectivity index (χ1) is 10.2. The van der Waals surface area contributed by atoms with E-state index in [2.05, 4.69) is 4.98 Å². The minimum atomic E-state index is -0.189. The molecular weight excluding hydrogens is 270 g/mol. The molecule has 2 aromatic rings. The lowest BCUT2D eigenvalue weighted by Gasteiger charge is -2.22. The number of carbonyl (C=O) groups is 1. The number of ether oxygens (including phenoxy) is 1. The van der Waals surface area contributed by atoms with Crippen LogP contribution in [0.2, 0.25) is 0 Å². The largest absolute Gasteiger partial charge is 0.395 e. The van der Waals surface area contributed by atoms with Crippen molar-refractivity contribution < 1.29 is 14.6 Å². The monoisotopic (exact) mass is 289 g/mol. The Morgan fingerprint density at radius 3 is 2.86 bits per heavy atom. The highest BCUT2D eigenvalue weighted by atomic mass is 16.5. The summed E-state index contributed by atoms with van der Waals surface area (Å²) in [5, 5.41) is 9.88. The number of hydrogen-bond acceptors (Lipinski definition) is 5. The van der Waals surface area contributed by atoms with E-state index < -0.39 is 0 Å². The number of carbonyl (C=O) groups excluding carboxylic acids is 1. The topological polar surface area (TPSA) is 88.7 Å². The summed E-state index contributed by atoms with van der Waals surface area (Å²) in [6.07, 6.45) is 0. The van der Waals surface area contributed by atoms with E-state index >= 15 is 0 Å². The number of aliphatic hydroxyl groups excluding tert-OH is 1. The molecule has 0 aliphatic carbocycles. The number of para-hydroxylation sites is 1. The minimum Gasteiger partial charge on any atom is -0.395 e. The van der Waals surface area contributed by atoms with Gasteiger partial charge in [-0.2, -0.15) is 0 Å². The zero-order valence-corrected chi connectivity index (χ0v) is 12.0. The van der Waals surface area contributed by atoms with Gasteiger partial charge in [0, 0.05) is 25.6 Å². The van der Waals surface area contributed by atoms with E-state index in [1.807, 2.05) is 24.3 Å². The number of anilines is 1. The van der Waals surface area contributed by atoms with Gasteiger partial charge in [-0.25, -0.2) is 4.98 Å². The van der Waals surface area contributed by atoms with Crippen LogP contribution in [0.15, 0.2) is 30.3 Å². The van der Waals surface area contributed by atoms with Crippen LogP contribution in [-0.4, -0.2) is 54.3 Å². The standard InChI is InChI=1S/C15H19N3O3/c1-21-9-7-18(6-8-19)15(20)12-10-14(16)17-13-5-3-2-4-11(12)13/h2-5,10,19H,6-9H2,1H3,(H2,16,17). The molecule has 1 aromatic carbocycles. The Bertz CT molecular complexity index is 631. The average Bonchev–Trinajstić information content (AvgIpc) is 2.50. The number of rotatable bonds is 6. The predicted molar refractivity (Wildman–Crippen MR) is 81.0 cm³/mol. The fourth-order valence-electron chi connectivity index (χ4n) is 2.18. The van der Waals surface area contributed by atoms with E-state index in [-0.39, 0.29) is 19.1 Å². The molecule has 1 aromatic heterocycles. The second-order valence-corrected chi connectivity index (χ2v) is 4.62. The van der Waals surface area contributed by atoms with Gasteiger partial charge < -0.3 is 20.5 Å². The molecule has 2 rings (SSSR count). The zero-order chi connectivity index (χ0) is 15.2. The summed E-state index contributed by atoms with van der Waals surface area (Å²) >= 11 is 0. The van der Waals surface area contributed by atoms with E-state index in [0.717, 1.165) is 5.39 Å². The van der Waals surface area contributed by atoms with Gasteiger partial charge in [-0.05, 0) is 12.1 Å². The molecule has 1 heterocycles. The molecule has 0 atom stereocenters. The Morgan fingerprint density at radius 2 is 2.14 bits per heavy atom. The molecular formula is C15H19N3O3. The third-order valence-corrected chi connectivity index (χ3v) is 3.19. The summed E-state index contributed by atoms with van der Waals surface area (Å²) in [6.45, 7) is 0.962. The quantitative estimate of drug-likeness (QED) is 0.824. The lowest BCUT2D eigenvalue weighted by Crippen LogP contribution is -2.36. The molecule has 0 saturated carbocycles. The predicted octanol–water partition coefficient (Wildman–Crippen LogP) is 0.898. The van der Waals surface area contributed by atoms with Gasteiger partial charge >= 0.3 is 0 Å². The number of benzene rings is 1. The summed E-state index contributed by atoms with van der Waals surface area (Å²) in [5.41, 5.74) is 6.95. The number of nitrogens with two attached hydrogens (primary N) is 1. The maximum Gasteiger partial charge on any atom is 0.254 e. The summed E-state index contributed by atoms with van der Waals surface area (Å²) in [4.78, 5) is 18.4. The number of hydrogen-bond donors (Lipinski definition) is 2. The minimum absolute atomic E-state index is 0.103. The van der Waals surface area contributed by atoms with Crippen molar-refractivity contribution in [2.75, 3.05) is 39.1 Å². The number of nitrogens with zero attached hydrogens (tertiary/aromatic N) is 2. The lowest BCUT2D eigenvalue weighted by molar-refractivity contribution is 0.0658. The van der Waals surface area contributed by atoms with Gasteiger partial charge in [-0.3, -0.25) is 4.79 Å². The van der Waals surface area contributed by atoms with Gasteiger partial charge in [-0.15, -0.1) is 0 Å². The van der Waals surface area contributed by atoms with Crippen molar-refractivity contribution in [1.82, 2.24) is 9.88 Å². The molecule has 0 fully saturated rings. The Hall–Kier alpha value is -2.18. The number of methoxy groups -OCH3 is 1. The van der Waals surface area contributed by atoms with Crippen LogP contribution in [0.4, 0.5) is 5.82 Å². The molecule has 21 heavy (non-hydrogen) atoms. The van der Waals surface area contributed by atoms with Gasteiger partial charge in [0.1, 0.15) is 5.82 Å². The van der Waals surface area contributed by atoms with Crippen LogP contribution in [0.1, 0.15) is 10.4 Å². The Balaban J connectivity index is 2.41. The number of nitrogen functional groups attached to an aromatic ring is 1. The van der Waals surface area contributed by atoms with Crippen LogP contribution < -0.4 is 5.73 Å². The first-order valence-electron chi connectivity index (χ1n) is 6.71. The molecule has 3 N–H and O–H groups in total. The molecule has 6 heteroatoms. The van der Waals surface area contributed by atoms with Crippen molar-refractivity contribution in [3.05, 3.63) is 35.9 Å². The normalized spacial score (nSPS) is 10.8. The third kappa shape index (κ3) is 3.48. The maximum absolute atomic E-state index is 12.7. The summed E-state index contributed by atoms with van der Waals surface area (Å²) in [6, 6.07) is 8.92. The second-order valence-electron chi connectivity index (χ2n) is 4.62. The maximum atomic E-state index is 12.7. The van der Waals surface area contributed by atoms with Crippen molar-refractivity contribution >= 4 is 22.6 Å². The van der Waals surface area contributed by atoms with E-state index in [4.69, 9.17) is 15.6 Å². The van der Waals surface area contributed by atoms with Crippen LogP contribution in [-0.2, 0) is 4.74 Å². The molecule has 0 aliphatic heterocycles. The van der Waals surface area contributed by atoms with Crippen LogP contribution in [0.25, 0.3) is 10.9 Å². The fourth-order valence-corrected chi connectivity index (χ4v) is 2.18. The molecule has 1 amide bonds. The zero-order valence-electron chi connectivity index (χ0n) is 12.0. The smallest absolute Gasteiger partial charge is 0.254 e. The third-order valence-electron chi connectivity index (χ3n) is 3.19. The van der Waals surface area contributed by atoms with Crippen LogP contribution in [0.5, 0.6) is 0 Å². The van der Waals surface area contributed by atoms with E-state index in [1.54, 1.807) is 18.1 Å². The highest BCUT2D eigenvalue weighted by Crippen LogP contribution is 2.20. The SMILES string of the molecule is COCCN(CCO)C(=O)c1cc(N)nc2ccccc12. The van der Waals surface area contributed by atoms with Crippen LogP contribution in [0.3, 0.4) is 0 Å². The highest BCUT2D eigenvalue weighted by Gasteiger charge is 2.18. The highest BCUT2D eigenvalue weighted by molar-refractivity contribution is 6.06. The summed E-state index contributed by atoms with van der Waals surface area (Å²) in [5.74, 6) is 0.110. The molecule has 0 unspecified atom stereocenters. The summed E-state index contributed by atoms with van der Waals surface area (Å²) < 4.78 is 5.00. The van der Waals surface area contributed by atoms with Gasteiger partial charge in [0.2, 0.25) is 0 Å². The number of fused-ring (bicyclic) bond motifs is 1. The summed E-state index contributed by atoms with van der Waals surface area (Å²) in [7, 11) is 1.57. The number of aliphatic hydroxyl groups is 1. The van der Waals surface area contributed by atoms with Crippen molar-refractivity contribution in [2.45, 2.75) is 0 Å². The van der Waals surface area contributed by atoms with Crippen LogP contribution in [0, 0.1) is 0 Å². The Labute approximate surface area is 123 Å². The molecule has 0 bridgehead atoms. The molecule has 6 nitrogen and oxygen atoms in total. The number of amides is 1. The fraction of sp³-hybridized carbons (Fsp3) is 0.333. The van der Waals surface area contributed by atoms with Gasteiger partial charge in [0.05, 0.1) is 24.3 Å². The lowest BCUT2D eigenvalue weighted by atomic mass is 10.1. The average molecular weight is 289 g/mol. The van der Waals surface area contributed by atoms with Crippen molar-refractivity contribution in [3.63, 3.8) is 0 Å². The Morgan fingerprint density at radius 1 is 1.38 bits per heavy atom. The molecule has 112 valence electrons. The van der Waals surface area contributed by atoms with Gasteiger partial charge in [-0.1, -0.05) is 18.2 Å². The van der Waals surface area contributed by atoms with E-state index in [0.29, 0.717) is 30.0 Å². The molecule has 0 aliphatic rings. The Kier molecular flexibility index (Phi) is 5.08. The number of pyridine rings is 1. The molecule has 0 spiro atoms. The van der Waals surface area contributed by atoms with Gasteiger partial charge in [0.15, 0.2) is 0 Å². The van der Waals surface area contributed by atoms with E-state index in [1.165, 1.54) is 0 Å². The van der Waals surface area contributed by atoms with Crippen molar-refractivity contribution in [2.24, 2.45) is 0 Å². The molecule has 0 radical (unpaired) electrons.